The number of benzene rings is 6. The van der Waals surface area contributed by atoms with Crippen LogP contribution in [0, 0.1) is 0 Å². The van der Waals surface area contributed by atoms with Gasteiger partial charge in [-0.05, 0) is 54.6 Å². The summed E-state index contributed by atoms with van der Waals surface area (Å²) in [6.07, 6.45) is 0. The fraction of sp³-hybridized carbons (Fsp3) is 0.0625. The molecule has 0 fully saturated rings. The van der Waals surface area contributed by atoms with Crippen molar-refractivity contribution in [2.45, 2.75) is 13.1 Å². The normalized spacial score (nSPS) is 11.5. The SMILES string of the molecule is C[Si]c1ccc(-c2ccc(-c3ccc([Si]C)c4ccccc34)c3ccccc23)c2ccccc12. The highest BCUT2D eigenvalue weighted by molar-refractivity contribution is 6.56. The van der Waals surface area contributed by atoms with Crippen LogP contribution in [0.5, 0.6) is 0 Å². The Labute approximate surface area is 205 Å². The maximum Gasteiger partial charge on any atom is 0.0781 e. The van der Waals surface area contributed by atoms with Gasteiger partial charge in [-0.2, -0.15) is 0 Å². The third kappa shape index (κ3) is 3.34. The predicted octanol–water partition coefficient (Wildman–Crippen LogP) is 7.24. The topological polar surface area (TPSA) is 0 Å². The molecule has 0 saturated heterocycles. The summed E-state index contributed by atoms with van der Waals surface area (Å²) in [4.78, 5) is 0. The number of rotatable bonds is 4. The fourth-order valence-corrected chi connectivity index (χ4v) is 6.75. The Morgan fingerprint density at radius 2 is 0.588 bits per heavy atom. The lowest BCUT2D eigenvalue weighted by Gasteiger charge is -2.17. The maximum absolute atomic E-state index is 2.33. The largest absolute Gasteiger partial charge is 0.0781 e. The molecule has 4 radical (unpaired) electrons. The van der Waals surface area contributed by atoms with Gasteiger partial charge in [0.05, 0.1) is 19.0 Å². The van der Waals surface area contributed by atoms with Gasteiger partial charge in [0.2, 0.25) is 0 Å². The molecule has 0 aliphatic rings. The molecular weight excluding hydrogens is 441 g/mol. The molecule has 0 saturated carbocycles. The van der Waals surface area contributed by atoms with E-state index in [0.29, 0.717) is 0 Å². The van der Waals surface area contributed by atoms with Crippen LogP contribution in [0.1, 0.15) is 0 Å². The molecule has 2 heteroatoms. The Kier molecular flexibility index (Phi) is 5.41. The van der Waals surface area contributed by atoms with Gasteiger partial charge in [0.15, 0.2) is 0 Å². The second-order valence-corrected chi connectivity index (χ2v) is 10.7. The van der Waals surface area contributed by atoms with Gasteiger partial charge in [-0.25, -0.2) is 0 Å². The van der Waals surface area contributed by atoms with Crippen LogP contribution >= 0.6 is 0 Å². The quantitative estimate of drug-likeness (QED) is 0.241. The van der Waals surface area contributed by atoms with E-state index in [1.807, 2.05) is 0 Å². The number of hydrogen-bond acceptors (Lipinski definition) is 0. The van der Waals surface area contributed by atoms with Crippen molar-refractivity contribution in [1.82, 2.24) is 0 Å². The van der Waals surface area contributed by atoms with Crippen LogP contribution in [0.25, 0.3) is 54.6 Å². The molecule has 0 amide bonds. The van der Waals surface area contributed by atoms with Crippen molar-refractivity contribution in [1.29, 1.82) is 0 Å². The molecule has 0 aliphatic carbocycles. The average molecular weight is 465 g/mol. The zero-order valence-electron chi connectivity index (χ0n) is 19.4. The molecule has 6 rings (SSSR count). The van der Waals surface area contributed by atoms with E-state index in [1.54, 1.807) is 0 Å². The van der Waals surface area contributed by atoms with Crippen LogP contribution < -0.4 is 10.4 Å². The first kappa shape index (κ1) is 21.1. The average Bonchev–Trinajstić information content (AvgIpc) is 2.91. The molecular formula is C32H24Si2. The van der Waals surface area contributed by atoms with Crippen molar-refractivity contribution < 1.29 is 0 Å². The molecule has 0 spiro atoms. The van der Waals surface area contributed by atoms with E-state index in [-0.39, 0.29) is 0 Å². The maximum atomic E-state index is 2.33. The standard InChI is InChI=1S/C32H24Si2/c1-33-31-19-17-27(23-11-5-7-13-29(23)31)25-15-16-26(22-10-4-3-9-21(22)25)28-18-20-32(34-2)30-14-8-6-12-24(28)30/h3-20H,1-2H3. The van der Waals surface area contributed by atoms with Crippen LogP contribution in [0.3, 0.4) is 0 Å². The van der Waals surface area contributed by atoms with Crippen LogP contribution in [-0.4, -0.2) is 19.0 Å². The summed E-state index contributed by atoms with van der Waals surface area (Å²) >= 11 is 0. The van der Waals surface area contributed by atoms with E-state index in [9.17, 15) is 0 Å². The molecule has 0 heterocycles. The smallest absolute Gasteiger partial charge is 0.0688 e. The van der Waals surface area contributed by atoms with E-state index in [2.05, 4.69) is 122 Å². The molecule has 0 aromatic heterocycles. The highest BCUT2D eigenvalue weighted by atomic mass is 28.2. The highest BCUT2D eigenvalue weighted by Gasteiger charge is 2.14. The molecule has 6 aromatic carbocycles. The van der Waals surface area contributed by atoms with Gasteiger partial charge in [-0.3, -0.25) is 0 Å². The van der Waals surface area contributed by atoms with Crippen LogP contribution in [0.2, 0.25) is 13.1 Å². The first-order chi connectivity index (χ1) is 16.8. The lowest BCUT2D eigenvalue weighted by Crippen LogP contribution is -2.11. The summed E-state index contributed by atoms with van der Waals surface area (Å²) in [6, 6.07) is 40.5. The van der Waals surface area contributed by atoms with Gasteiger partial charge in [0.25, 0.3) is 0 Å². The second-order valence-electron chi connectivity index (χ2n) is 8.62. The van der Waals surface area contributed by atoms with E-state index in [1.165, 1.54) is 64.9 Å². The van der Waals surface area contributed by atoms with Crippen LogP contribution in [-0.2, 0) is 0 Å². The first-order valence-electron chi connectivity index (χ1n) is 11.7. The Hall–Kier alpha value is -3.47. The van der Waals surface area contributed by atoms with Gasteiger partial charge >= 0.3 is 0 Å². The Balaban J connectivity index is 1.64. The first-order valence-corrected chi connectivity index (χ1v) is 14.7. The minimum atomic E-state index is 0.788. The van der Waals surface area contributed by atoms with Crippen molar-refractivity contribution in [2.24, 2.45) is 0 Å². The van der Waals surface area contributed by atoms with Crippen molar-refractivity contribution in [3.05, 3.63) is 109 Å². The van der Waals surface area contributed by atoms with E-state index in [0.717, 1.165) is 19.0 Å². The fourth-order valence-electron chi connectivity index (χ4n) is 5.27. The van der Waals surface area contributed by atoms with Crippen LogP contribution in [0.15, 0.2) is 109 Å². The van der Waals surface area contributed by atoms with Crippen LogP contribution in [0.4, 0.5) is 0 Å². The second kappa shape index (κ2) is 8.71. The summed E-state index contributed by atoms with van der Waals surface area (Å²) in [5.41, 5.74) is 5.23. The Bertz CT molecular complexity index is 1550. The minimum Gasteiger partial charge on any atom is -0.0688 e. The van der Waals surface area contributed by atoms with Gasteiger partial charge < -0.3 is 0 Å². The van der Waals surface area contributed by atoms with Crippen molar-refractivity contribution >= 4 is 61.7 Å². The van der Waals surface area contributed by atoms with E-state index in [4.69, 9.17) is 0 Å². The lowest BCUT2D eigenvalue weighted by molar-refractivity contribution is 1.67. The van der Waals surface area contributed by atoms with Gasteiger partial charge in [0, 0.05) is 0 Å². The summed E-state index contributed by atoms with van der Waals surface area (Å²) in [5.74, 6) is 0. The monoisotopic (exact) mass is 464 g/mol. The van der Waals surface area contributed by atoms with Gasteiger partial charge in [-0.15, -0.1) is 0 Å². The van der Waals surface area contributed by atoms with Crippen molar-refractivity contribution in [2.75, 3.05) is 0 Å². The molecule has 0 atom stereocenters. The molecule has 0 nitrogen and oxygen atoms in total. The summed E-state index contributed by atoms with van der Waals surface area (Å²) in [7, 11) is 1.58. The molecule has 0 aliphatic heterocycles. The number of hydrogen-bond donors (Lipinski definition) is 0. The third-order valence-electron chi connectivity index (χ3n) is 6.89. The molecule has 0 bridgehead atoms. The minimum absolute atomic E-state index is 0.788. The van der Waals surface area contributed by atoms with Gasteiger partial charge in [-0.1, -0.05) is 133 Å². The number of fused-ring (bicyclic) bond motifs is 3. The zero-order valence-corrected chi connectivity index (χ0v) is 21.4. The summed E-state index contributed by atoms with van der Waals surface area (Å²) < 4.78 is 0. The summed E-state index contributed by atoms with van der Waals surface area (Å²) in [6.45, 7) is 4.53. The highest BCUT2D eigenvalue weighted by Crippen LogP contribution is 2.39. The van der Waals surface area contributed by atoms with Crippen molar-refractivity contribution in [3.63, 3.8) is 0 Å². The lowest BCUT2D eigenvalue weighted by atomic mass is 9.88. The summed E-state index contributed by atoms with van der Waals surface area (Å²) in [5, 5.41) is 10.9. The third-order valence-corrected chi connectivity index (χ3v) is 8.84. The molecule has 6 aromatic rings. The van der Waals surface area contributed by atoms with E-state index < -0.39 is 0 Å². The van der Waals surface area contributed by atoms with Crippen molar-refractivity contribution in [3.8, 4) is 22.3 Å². The van der Waals surface area contributed by atoms with Gasteiger partial charge in [0.1, 0.15) is 0 Å². The predicted molar refractivity (Wildman–Crippen MR) is 152 cm³/mol. The Morgan fingerprint density at radius 3 is 0.912 bits per heavy atom. The van der Waals surface area contributed by atoms with E-state index >= 15 is 0 Å². The Morgan fingerprint density at radius 1 is 0.324 bits per heavy atom. The molecule has 0 unspecified atom stereocenters. The molecule has 34 heavy (non-hydrogen) atoms. The zero-order chi connectivity index (χ0) is 23.1. The molecule has 0 N–H and O–H groups in total. The molecule has 160 valence electrons.